The Morgan fingerprint density at radius 3 is 2.70 bits per heavy atom. The topological polar surface area (TPSA) is 123 Å². The van der Waals surface area contributed by atoms with Gasteiger partial charge < -0.3 is 21.1 Å². The van der Waals surface area contributed by atoms with Crippen LogP contribution in [0.4, 0.5) is 30.5 Å². The molecule has 0 aliphatic carbocycles. The highest BCUT2D eigenvalue weighted by Gasteiger charge is 2.30. The molecule has 0 saturated carbocycles. The molecule has 10 nitrogen and oxygen atoms in total. The third-order valence-electron chi connectivity index (χ3n) is 6.32. The molecule has 0 radical (unpaired) electrons. The maximum absolute atomic E-state index is 12.9. The van der Waals surface area contributed by atoms with Crippen LogP contribution in [0.1, 0.15) is 26.3 Å². The number of piperidine rings is 1. The molecular weight excluding hydrogens is 487 g/mol. The molecule has 37 heavy (non-hydrogen) atoms. The van der Waals surface area contributed by atoms with Gasteiger partial charge >= 0.3 is 6.18 Å². The molecule has 0 unspecified atom stereocenters. The molecule has 13 heteroatoms. The second kappa shape index (κ2) is 9.63. The number of hydrogen-bond donors (Lipinski definition) is 3. The third-order valence-corrected chi connectivity index (χ3v) is 6.32. The highest BCUT2D eigenvalue weighted by molar-refractivity contribution is 5.81. The van der Waals surface area contributed by atoms with E-state index in [0.717, 1.165) is 21.4 Å². The first-order valence-corrected chi connectivity index (χ1v) is 12.0. The molecule has 0 spiro atoms. The van der Waals surface area contributed by atoms with E-state index in [2.05, 4.69) is 20.5 Å². The van der Waals surface area contributed by atoms with Crippen molar-refractivity contribution < 1.29 is 18.3 Å². The summed E-state index contributed by atoms with van der Waals surface area (Å²) in [5, 5.41) is 22.5. The molecule has 4 N–H and O–H groups in total. The highest BCUT2D eigenvalue weighted by atomic mass is 19.4. The summed E-state index contributed by atoms with van der Waals surface area (Å²) in [6, 6.07) is 5.25. The van der Waals surface area contributed by atoms with Crippen LogP contribution in [0.3, 0.4) is 0 Å². The van der Waals surface area contributed by atoms with E-state index in [4.69, 9.17) is 10.7 Å². The number of halogens is 3. The van der Waals surface area contributed by atoms with Crippen molar-refractivity contribution in [3.05, 3.63) is 43.0 Å². The Hall–Kier alpha value is -3.71. The van der Waals surface area contributed by atoms with Gasteiger partial charge in [0.2, 0.25) is 0 Å². The van der Waals surface area contributed by atoms with Gasteiger partial charge in [-0.1, -0.05) is 0 Å². The number of nitrogens with one attached hydrogen (secondary N) is 1. The van der Waals surface area contributed by atoms with E-state index in [0.29, 0.717) is 42.3 Å². The van der Waals surface area contributed by atoms with Gasteiger partial charge in [0.15, 0.2) is 5.65 Å². The second-order valence-electron chi connectivity index (χ2n) is 9.51. The molecule has 4 aromatic rings. The van der Waals surface area contributed by atoms with Gasteiger partial charge in [0.05, 0.1) is 18.5 Å². The van der Waals surface area contributed by atoms with E-state index in [1.165, 1.54) is 12.4 Å². The normalized spacial score (nSPS) is 18.6. The monoisotopic (exact) mass is 515 g/mol. The van der Waals surface area contributed by atoms with Crippen molar-refractivity contribution in [2.24, 2.45) is 5.73 Å². The second-order valence-corrected chi connectivity index (χ2v) is 9.51. The number of aliphatic hydroxyl groups is 1. The van der Waals surface area contributed by atoms with E-state index in [9.17, 15) is 18.3 Å². The lowest BCUT2D eigenvalue weighted by molar-refractivity contribution is -0.142. The van der Waals surface area contributed by atoms with Crippen molar-refractivity contribution in [2.45, 2.75) is 51.2 Å². The number of hydrogen-bond acceptors (Lipinski definition) is 8. The van der Waals surface area contributed by atoms with Crippen LogP contribution in [0.2, 0.25) is 0 Å². The molecule has 0 aromatic carbocycles. The van der Waals surface area contributed by atoms with Crippen LogP contribution >= 0.6 is 0 Å². The summed E-state index contributed by atoms with van der Waals surface area (Å²) >= 11 is 0. The summed E-state index contributed by atoms with van der Waals surface area (Å²) < 4.78 is 41.3. The van der Waals surface area contributed by atoms with E-state index in [1.54, 1.807) is 12.4 Å². The van der Waals surface area contributed by atoms with Crippen molar-refractivity contribution in [1.29, 1.82) is 0 Å². The van der Waals surface area contributed by atoms with Gasteiger partial charge in [-0.3, -0.25) is 4.68 Å². The number of pyridine rings is 2. The van der Waals surface area contributed by atoms with E-state index < -0.39 is 24.9 Å². The van der Waals surface area contributed by atoms with Crippen LogP contribution in [0.5, 0.6) is 0 Å². The van der Waals surface area contributed by atoms with Gasteiger partial charge in [-0.25, -0.2) is 14.6 Å². The molecule has 0 amide bonds. The molecule has 5 rings (SSSR count). The minimum absolute atomic E-state index is 0.140. The van der Waals surface area contributed by atoms with Crippen LogP contribution < -0.4 is 16.0 Å². The van der Waals surface area contributed by atoms with Crippen molar-refractivity contribution in [2.75, 3.05) is 23.3 Å². The number of nitrogens with two attached hydrogens (primary N) is 1. The summed E-state index contributed by atoms with van der Waals surface area (Å²) in [5.41, 5.74) is 8.70. The lowest BCUT2D eigenvalue weighted by atomic mass is 10.0. The average molecular weight is 516 g/mol. The molecule has 5 heterocycles. The number of nitrogens with zero attached hydrogens (tertiary/aromatic N) is 7. The number of alkyl halides is 3. The Kier molecular flexibility index (Phi) is 6.50. The molecule has 1 aliphatic rings. The predicted octanol–water partition coefficient (Wildman–Crippen LogP) is 3.47. The Morgan fingerprint density at radius 2 is 1.97 bits per heavy atom. The van der Waals surface area contributed by atoms with Crippen LogP contribution in [-0.4, -0.2) is 66.0 Å². The number of fused-ring (bicyclic) bond motifs is 1. The minimum atomic E-state index is -4.38. The molecular formula is C24H28F3N9O. The first-order valence-electron chi connectivity index (χ1n) is 12.0. The average Bonchev–Trinajstić information content (AvgIpc) is 3.46. The summed E-state index contributed by atoms with van der Waals surface area (Å²) in [6.07, 6.45) is 1.58. The van der Waals surface area contributed by atoms with Gasteiger partial charge in [0, 0.05) is 65.8 Å². The first kappa shape index (κ1) is 25.0. The van der Waals surface area contributed by atoms with Crippen molar-refractivity contribution in [1.82, 2.24) is 29.5 Å². The van der Waals surface area contributed by atoms with Crippen LogP contribution in [0, 0.1) is 0 Å². The Bertz CT molecular complexity index is 1400. The minimum Gasteiger partial charge on any atom is -0.391 e. The van der Waals surface area contributed by atoms with E-state index in [1.807, 2.05) is 41.6 Å². The van der Waals surface area contributed by atoms with Gasteiger partial charge in [0.25, 0.3) is 0 Å². The fourth-order valence-corrected chi connectivity index (χ4v) is 4.46. The summed E-state index contributed by atoms with van der Waals surface area (Å²) in [6.45, 7) is 3.78. The molecule has 4 aromatic heterocycles. The van der Waals surface area contributed by atoms with Gasteiger partial charge in [-0.15, -0.1) is 0 Å². The largest absolute Gasteiger partial charge is 0.408 e. The van der Waals surface area contributed by atoms with Crippen LogP contribution in [0.25, 0.3) is 22.2 Å². The fraction of sp³-hybridized carbons (Fsp3) is 0.417. The van der Waals surface area contributed by atoms with Crippen LogP contribution in [-0.2, 0) is 6.54 Å². The van der Waals surface area contributed by atoms with Crippen LogP contribution in [0.15, 0.2) is 43.0 Å². The third kappa shape index (κ3) is 5.37. The quantitative estimate of drug-likeness (QED) is 0.357. The Morgan fingerprint density at radius 1 is 1.16 bits per heavy atom. The standard InChI is InChI=1S/C24H28F3N9O/c1-14(2)36-23-15(8-31-36)3-4-21(33-23)32-22-7-19(34-6-5-20(37)18(28)12-34)17(10-29-22)16-9-30-35(11-16)13-24(25,26)27/h3-4,7-11,14,18,20,37H,5-6,12-13,28H2,1-2H3,(H,29,32,33)/t18-,20-/m1/s1. The molecule has 196 valence electrons. The molecule has 1 aliphatic heterocycles. The van der Waals surface area contributed by atoms with Crippen molar-refractivity contribution >= 4 is 28.4 Å². The summed E-state index contributed by atoms with van der Waals surface area (Å²) in [5.74, 6) is 1.08. The smallest absolute Gasteiger partial charge is 0.391 e. The highest BCUT2D eigenvalue weighted by Crippen LogP contribution is 2.34. The molecule has 0 bridgehead atoms. The van der Waals surface area contributed by atoms with Gasteiger partial charge in [-0.2, -0.15) is 23.4 Å². The SMILES string of the molecule is CC(C)n1ncc2ccc(Nc3cc(N4CC[C@@H](O)[C@H](N)C4)c(-c4cnn(CC(F)(F)F)c4)cn3)nc21. The first-order chi connectivity index (χ1) is 17.6. The molecule has 2 atom stereocenters. The van der Waals surface area contributed by atoms with E-state index >= 15 is 0 Å². The maximum atomic E-state index is 12.9. The Labute approximate surface area is 210 Å². The fourth-order valence-electron chi connectivity index (χ4n) is 4.46. The van der Waals surface area contributed by atoms with Gasteiger partial charge in [0.1, 0.15) is 18.2 Å². The summed E-state index contributed by atoms with van der Waals surface area (Å²) in [4.78, 5) is 11.2. The summed E-state index contributed by atoms with van der Waals surface area (Å²) in [7, 11) is 0. The lowest BCUT2D eigenvalue weighted by Crippen LogP contribution is -2.51. The predicted molar refractivity (Wildman–Crippen MR) is 134 cm³/mol. The zero-order chi connectivity index (χ0) is 26.3. The zero-order valence-electron chi connectivity index (χ0n) is 20.4. The zero-order valence-corrected chi connectivity index (χ0v) is 20.4. The number of anilines is 3. The molecule has 1 fully saturated rings. The number of aromatic nitrogens is 6. The number of rotatable bonds is 6. The number of aliphatic hydroxyl groups excluding tert-OH is 1. The maximum Gasteiger partial charge on any atom is 0.408 e. The van der Waals surface area contributed by atoms with E-state index in [-0.39, 0.29) is 6.04 Å². The van der Waals surface area contributed by atoms with Crippen molar-refractivity contribution in [3.63, 3.8) is 0 Å². The van der Waals surface area contributed by atoms with Gasteiger partial charge in [-0.05, 0) is 32.4 Å². The van der Waals surface area contributed by atoms with Crippen molar-refractivity contribution in [3.8, 4) is 11.1 Å². The Balaban J connectivity index is 1.49. The molecule has 1 saturated heterocycles. The lowest BCUT2D eigenvalue weighted by Gasteiger charge is -2.36.